The smallest absolute Gasteiger partial charge is 0.248 e. The molecule has 1 heterocycles. The normalized spacial score (nSPS) is 12.0. The molecule has 18 heavy (non-hydrogen) atoms. The molecule has 0 saturated heterocycles. The third-order valence-corrected chi connectivity index (χ3v) is 3.61. The van der Waals surface area contributed by atoms with E-state index in [1.165, 1.54) is 5.56 Å². The number of halogens is 1. The molecule has 0 spiro atoms. The van der Waals surface area contributed by atoms with Crippen molar-refractivity contribution in [2.75, 3.05) is 0 Å². The summed E-state index contributed by atoms with van der Waals surface area (Å²) in [6, 6.07) is 7.63. The minimum atomic E-state index is -3.87. The molecular weight excluding hydrogens is 274 g/mol. The molecule has 0 amide bonds. The first-order valence-electron chi connectivity index (χ1n) is 5.35. The van der Waals surface area contributed by atoms with Crippen molar-refractivity contribution in [3.8, 4) is 11.4 Å². The van der Waals surface area contributed by atoms with E-state index in [0.717, 1.165) is 5.56 Å². The van der Waals surface area contributed by atoms with Gasteiger partial charge >= 0.3 is 0 Å². The van der Waals surface area contributed by atoms with Crippen LogP contribution < -0.4 is 0 Å². The number of aromatic amines is 1. The maximum atomic E-state index is 11.1. The highest BCUT2D eigenvalue weighted by Gasteiger charge is 2.16. The average Bonchev–Trinajstić information content (AvgIpc) is 2.78. The molecule has 0 aliphatic heterocycles. The van der Waals surface area contributed by atoms with Crippen LogP contribution in [0.3, 0.4) is 0 Å². The summed E-state index contributed by atoms with van der Waals surface area (Å²) in [4.78, 5) is 3.84. The lowest BCUT2D eigenvalue weighted by Crippen LogP contribution is -1.92. The van der Waals surface area contributed by atoms with Gasteiger partial charge in [-0.2, -0.15) is 10.1 Å². The van der Waals surface area contributed by atoms with Crippen LogP contribution in [0.25, 0.3) is 11.4 Å². The van der Waals surface area contributed by atoms with Gasteiger partial charge in [0.05, 0.1) is 0 Å². The van der Waals surface area contributed by atoms with E-state index in [1.54, 1.807) is 0 Å². The van der Waals surface area contributed by atoms with Crippen LogP contribution in [0.5, 0.6) is 0 Å². The van der Waals surface area contributed by atoms with Crippen molar-refractivity contribution in [2.45, 2.75) is 24.9 Å². The minimum Gasteiger partial charge on any atom is -0.248 e. The maximum Gasteiger partial charge on any atom is 0.296 e. The Morgan fingerprint density at radius 2 is 1.83 bits per heavy atom. The fraction of sp³-hybridized carbons (Fsp3) is 0.273. The van der Waals surface area contributed by atoms with E-state index in [0.29, 0.717) is 11.7 Å². The summed E-state index contributed by atoms with van der Waals surface area (Å²) in [6.07, 6.45) is 0. The van der Waals surface area contributed by atoms with E-state index >= 15 is 0 Å². The van der Waals surface area contributed by atoms with E-state index in [-0.39, 0.29) is 5.16 Å². The molecule has 5 nitrogen and oxygen atoms in total. The van der Waals surface area contributed by atoms with Gasteiger partial charge in [0.2, 0.25) is 0 Å². The molecule has 7 heteroatoms. The summed E-state index contributed by atoms with van der Waals surface area (Å²) < 4.78 is 22.1. The Hall–Kier alpha value is -1.40. The van der Waals surface area contributed by atoms with Crippen molar-refractivity contribution in [3.63, 3.8) is 0 Å². The molecule has 0 aliphatic carbocycles. The predicted molar refractivity (Wildman–Crippen MR) is 68.9 cm³/mol. The van der Waals surface area contributed by atoms with E-state index in [4.69, 9.17) is 10.7 Å². The summed E-state index contributed by atoms with van der Waals surface area (Å²) in [5.41, 5.74) is 1.93. The van der Waals surface area contributed by atoms with Gasteiger partial charge in [-0.3, -0.25) is 0 Å². The molecule has 1 aromatic carbocycles. The van der Waals surface area contributed by atoms with E-state index in [2.05, 4.69) is 29.0 Å². The Balaban J connectivity index is 2.35. The van der Waals surface area contributed by atoms with Gasteiger partial charge < -0.3 is 0 Å². The zero-order valence-corrected chi connectivity index (χ0v) is 11.5. The van der Waals surface area contributed by atoms with Gasteiger partial charge in [-0.05, 0) is 11.5 Å². The fourth-order valence-electron chi connectivity index (χ4n) is 1.50. The molecule has 1 N–H and O–H groups in total. The van der Waals surface area contributed by atoms with Crippen molar-refractivity contribution in [1.29, 1.82) is 0 Å². The van der Waals surface area contributed by atoms with Gasteiger partial charge in [0.1, 0.15) is 0 Å². The molecular formula is C11H12ClN3O2S. The second-order valence-electron chi connectivity index (χ2n) is 4.18. The lowest BCUT2D eigenvalue weighted by atomic mass is 10.0. The molecule has 0 aliphatic rings. The van der Waals surface area contributed by atoms with Crippen molar-refractivity contribution < 1.29 is 8.42 Å². The van der Waals surface area contributed by atoms with Gasteiger partial charge in [-0.1, -0.05) is 38.1 Å². The standard InChI is InChI=1S/C11H12ClN3O2S/c1-7(2)8-3-5-9(6-4-8)10-13-11(15-14-10)18(12,16)17/h3-7H,1-2H3,(H,13,14,15). The molecule has 0 unspecified atom stereocenters. The number of aromatic nitrogens is 3. The summed E-state index contributed by atoms with van der Waals surface area (Å²) in [5, 5.41) is 5.79. The van der Waals surface area contributed by atoms with Gasteiger partial charge in [-0.15, -0.1) is 0 Å². The van der Waals surface area contributed by atoms with Crippen LogP contribution >= 0.6 is 10.7 Å². The van der Waals surface area contributed by atoms with E-state index < -0.39 is 9.05 Å². The second kappa shape index (κ2) is 4.70. The monoisotopic (exact) mass is 285 g/mol. The van der Waals surface area contributed by atoms with Gasteiger partial charge in [0.15, 0.2) is 5.82 Å². The quantitative estimate of drug-likeness (QED) is 0.879. The molecule has 0 bridgehead atoms. The van der Waals surface area contributed by atoms with Crippen LogP contribution in [0.4, 0.5) is 0 Å². The summed E-state index contributed by atoms with van der Waals surface area (Å²) in [7, 11) is 1.30. The Bertz CT molecular complexity index is 647. The van der Waals surface area contributed by atoms with E-state index in [9.17, 15) is 8.42 Å². The fourth-order valence-corrected chi connectivity index (χ4v) is 2.06. The molecule has 0 atom stereocenters. The lowest BCUT2D eigenvalue weighted by molar-refractivity contribution is 0.602. The van der Waals surface area contributed by atoms with Crippen molar-refractivity contribution in [2.24, 2.45) is 0 Å². The third-order valence-electron chi connectivity index (χ3n) is 2.53. The molecule has 0 radical (unpaired) electrons. The van der Waals surface area contributed by atoms with Crippen LogP contribution in [0.2, 0.25) is 0 Å². The zero-order chi connectivity index (χ0) is 13.3. The second-order valence-corrected chi connectivity index (χ2v) is 6.66. The molecule has 0 fully saturated rings. The number of nitrogens with one attached hydrogen (secondary N) is 1. The first-order valence-corrected chi connectivity index (χ1v) is 7.66. The number of nitrogens with zero attached hydrogens (tertiary/aromatic N) is 2. The molecule has 1 aromatic heterocycles. The highest BCUT2D eigenvalue weighted by molar-refractivity contribution is 8.13. The van der Waals surface area contributed by atoms with Crippen LogP contribution in [0.15, 0.2) is 29.4 Å². The first-order chi connectivity index (χ1) is 8.38. The third kappa shape index (κ3) is 2.70. The van der Waals surface area contributed by atoms with Crippen LogP contribution in [0.1, 0.15) is 25.3 Å². The van der Waals surface area contributed by atoms with Crippen molar-refractivity contribution in [1.82, 2.24) is 15.2 Å². The summed E-state index contributed by atoms with van der Waals surface area (Å²) in [5.74, 6) is 0.745. The Morgan fingerprint density at radius 1 is 1.22 bits per heavy atom. The number of hydrogen-bond acceptors (Lipinski definition) is 4. The van der Waals surface area contributed by atoms with Crippen LogP contribution in [-0.4, -0.2) is 23.6 Å². The number of benzene rings is 1. The molecule has 0 saturated carbocycles. The van der Waals surface area contributed by atoms with Gasteiger partial charge in [0, 0.05) is 16.2 Å². The number of hydrogen-bond donors (Lipinski definition) is 1. The molecule has 2 rings (SSSR count). The Labute approximate surface area is 110 Å². The SMILES string of the molecule is CC(C)c1ccc(-c2n[nH]c(S(=O)(=O)Cl)n2)cc1. The van der Waals surface area contributed by atoms with Crippen molar-refractivity contribution in [3.05, 3.63) is 29.8 Å². The Kier molecular flexibility index (Phi) is 3.41. The number of H-pyrrole nitrogens is 1. The largest absolute Gasteiger partial charge is 0.296 e. The topological polar surface area (TPSA) is 75.7 Å². The summed E-state index contributed by atoms with van der Waals surface area (Å²) in [6.45, 7) is 4.19. The summed E-state index contributed by atoms with van der Waals surface area (Å²) >= 11 is 0. The van der Waals surface area contributed by atoms with Crippen LogP contribution in [-0.2, 0) is 9.05 Å². The molecule has 2 aromatic rings. The van der Waals surface area contributed by atoms with Crippen molar-refractivity contribution >= 4 is 19.7 Å². The van der Waals surface area contributed by atoms with Crippen LogP contribution in [0, 0.1) is 0 Å². The maximum absolute atomic E-state index is 11.1. The van der Waals surface area contributed by atoms with E-state index in [1.807, 2.05) is 24.3 Å². The zero-order valence-electron chi connectivity index (χ0n) is 9.88. The Morgan fingerprint density at radius 3 is 2.28 bits per heavy atom. The minimum absolute atomic E-state index is 0.310. The average molecular weight is 286 g/mol. The first kappa shape index (κ1) is 13.0. The lowest BCUT2D eigenvalue weighted by Gasteiger charge is -2.04. The number of rotatable bonds is 3. The highest BCUT2D eigenvalue weighted by Crippen LogP contribution is 2.21. The van der Waals surface area contributed by atoms with Gasteiger partial charge in [0.25, 0.3) is 14.2 Å². The predicted octanol–water partition coefficient (Wildman–Crippen LogP) is 2.52. The van der Waals surface area contributed by atoms with Gasteiger partial charge in [-0.25, -0.2) is 13.5 Å². The highest BCUT2D eigenvalue weighted by atomic mass is 35.7. The molecule has 96 valence electrons.